The Bertz CT molecular complexity index is 157. The van der Waals surface area contributed by atoms with Crippen molar-refractivity contribution in [2.45, 2.75) is 45.8 Å². The Hall–Kier alpha value is -0.180. The van der Waals surface area contributed by atoms with Crippen molar-refractivity contribution in [3.8, 4) is 0 Å². The molecular weight excluding hydrogens is 196 g/mol. The predicted molar refractivity (Wildman–Crippen MR) is 62.6 cm³/mol. The molecule has 0 spiro atoms. The summed E-state index contributed by atoms with van der Waals surface area (Å²) in [6.45, 7) is 8.78. The van der Waals surface area contributed by atoms with Crippen LogP contribution in [0.3, 0.4) is 0 Å². The van der Waals surface area contributed by atoms with E-state index >= 15 is 0 Å². The van der Waals surface area contributed by atoms with Gasteiger partial charge >= 0.3 is 5.97 Å². The van der Waals surface area contributed by atoms with E-state index in [0.717, 1.165) is 18.6 Å². The molecule has 0 aliphatic rings. The lowest BCUT2D eigenvalue weighted by atomic mass is 10.2. The van der Waals surface area contributed by atoms with Crippen LogP contribution in [0.5, 0.6) is 0 Å². The van der Waals surface area contributed by atoms with E-state index in [-0.39, 0.29) is 11.2 Å². The van der Waals surface area contributed by atoms with Gasteiger partial charge in [-0.05, 0) is 25.0 Å². The van der Waals surface area contributed by atoms with Crippen molar-refractivity contribution >= 4 is 17.7 Å². The molecule has 1 unspecified atom stereocenters. The smallest absolute Gasteiger partial charge is 0.319 e. The maximum Gasteiger partial charge on any atom is 0.319 e. The van der Waals surface area contributed by atoms with Gasteiger partial charge in [-0.3, -0.25) is 4.79 Å². The average molecular weight is 218 g/mol. The van der Waals surface area contributed by atoms with Crippen LogP contribution in [0.25, 0.3) is 0 Å². The van der Waals surface area contributed by atoms with Crippen LogP contribution in [0.4, 0.5) is 0 Å². The highest BCUT2D eigenvalue weighted by atomic mass is 32.2. The molecule has 0 N–H and O–H groups in total. The summed E-state index contributed by atoms with van der Waals surface area (Å²) in [6.07, 6.45) is 1.96. The average Bonchev–Trinajstić information content (AvgIpc) is 2.12. The van der Waals surface area contributed by atoms with Gasteiger partial charge in [0.2, 0.25) is 0 Å². The SMILES string of the molecule is CCCC(SCC(C)C)C(=O)OCC. The van der Waals surface area contributed by atoms with Gasteiger partial charge < -0.3 is 4.74 Å². The molecule has 0 fully saturated rings. The Labute approximate surface area is 91.8 Å². The summed E-state index contributed by atoms with van der Waals surface area (Å²) in [6, 6.07) is 0. The first-order chi connectivity index (χ1) is 6.61. The van der Waals surface area contributed by atoms with Crippen LogP contribution in [-0.4, -0.2) is 23.6 Å². The van der Waals surface area contributed by atoms with E-state index in [0.29, 0.717) is 12.5 Å². The van der Waals surface area contributed by atoms with E-state index in [1.54, 1.807) is 11.8 Å². The fourth-order valence-electron chi connectivity index (χ4n) is 1.08. The molecule has 0 aliphatic heterocycles. The fourth-order valence-corrected chi connectivity index (χ4v) is 2.30. The third kappa shape index (κ3) is 6.30. The number of thioether (sulfide) groups is 1. The number of ether oxygens (including phenoxy) is 1. The Balaban J connectivity index is 3.93. The zero-order chi connectivity index (χ0) is 11.0. The zero-order valence-electron chi connectivity index (χ0n) is 9.71. The molecule has 0 saturated heterocycles. The largest absolute Gasteiger partial charge is 0.465 e. The molecule has 3 heteroatoms. The lowest BCUT2D eigenvalue weighted by molar-refractivity contribution is -0.142. The number of hydrogen-bond acceptors (Lipinski definition) is 3. The van der Waals surface area contributed by atoms with Crippen LogP contribution >= 0.6 is 11.8 Å². The van der Waals surface area contributed by atoms with Crippen molar-refractivity contribution in [1.29, 1.82) is 0 Å². The van der Waals surface area contributed by atoms with Gasteiger partial charge in [0.05, 0.1) is 6.61 Å². The second-order valence-corrected chi connectivity index (χ2v) is 4.99. The van der Waals surface area contributed by atoms with Gasteiger partial charge in [0.25, 0.3) is 0 Å². The van der Waals surface area contributed by atoms with Gasteiger partial charge in [-0.15, -0.1) is 11.8 Å². The molecule has 0 amide bonds. The second kappa shape index (κ2) is 8.16. The topological polar surface area (TPSA) is 26.3 Å². The Morgan fingerprint density at radius 2 is 2.00 bits per heavy atom. The third-order valence-corrected chi connectivity index (χ3v) is 3.42. The van der Waals surface area contributed by atoms with Crippen molar-refractivity contribution in [3.05, 3.63) is 0 Å². The number of hydrogen-bond donors (Lipinski definition) is 0. The fraction of sp³-hybridized carbons (Fsp3) is 0.909. The molecule has 1 atom stereocenters. The van der Waals surface area contributed by atoms with Gasteiger partial charge in [-0.2, -0.15) is 0 Å². The van der Waals surface area contributed by atoms with E-state index in [2.05, 4.69) is 20.8 Å². The highest BCUT2D eigenvalue weighted by Crippen LogP contribution is 2.20. The predicted octanol–water partition coefficient (Wildman–Crippen LogP) is 3.11. The highest BCUT2D eigenvalue weighted by molar-refractivity contribution is 8.00. The minimum Gasteiger partial charge on any atom is -0.465 e. The minimum atomic E-state index is -0.0417. The first kappa shape index (κ1) is 13.8. The monoisotopic (exact) mass is 218 g/mol. The normalized spacial score (nSPS) is 12.9. The van der Waals surface area contributed by atoms with Crippen LogP contribution < -0.4 is 0 Å². The Morgan fingerprint density at radius 1 is 1.36 bits per heavy atom. The summed E-state index contributed by atoms with van der Waals surface area (Å²) in [5, 5.41) is 0.0438. The highest BCUT2D eigenvalue weighted by Gasteiger charge is 2.19. The summed E-state index contributed by atoms with van der Waals surface area (Å²) >= 11 is 1.73. The third-order valence-electron chi connectivity index (χ3n) is 1.73. The number of carbonyl (C=O) groups is 1. The second-order valence-electron chi connectivity index (χ2n) is 3.76. The molecule has 0 heterocycles. The van der Waals surface area contributed by atoms with Crippen molar-refractivity contribution in [3.63, 3.8) is 0 Å². The molecule has 0 radical (unpaired) electrons. The Morgan fingerprint density at radius 3 is 2.43 bits per heavy atom. The molecule has 0 aliphatic carbocycles. The van der Waals surface area contributed by atoms with Crippen LogP contribution in [0.2, 0.25) is 0 Å². The maximum atomic E-state index is 11.5. The van der Waals surface area contributed by atoms with E-state index in [1.807, 2.05) is 6.92 Å². The molecule has 84 valence electrons. The van der Waals surface area contributed by atoms with Crippen LogP contribution in [0.15, 0.2) is 0 Å². The van der Waals surface area contributed by atoms with E-state index in [9.17, 15) is 4.79 Å². The number of rotatable bonds is 7. The summed E-state index contributed by atoms with van der Waals surface area (Å²) in [4.78, 5) is 11.5. The molecule has 0 aromatic rings. The zero-order valence-corrected chi connectivity index (χ0v) is 10.5. The summed E-state index contributed by atoms with van der Waals surface area (Å²) in [5.41, 5.74) is 0. The minimum absolute atomic E-state index is 0.0417. The molecule has 2 nitrogen and oxygen atoms in total. The van der Waals surface area contributed by atoms with Crippen molar-refractivity contribution in [2.75, 3.05) is 12.4 Å². The van der Waals surface area contributed by atoms with Gasteiger partial charge in [0.1, 0.15) is 5.25 Å². The molecule has 14 heavy (non-hydrogen) atoms. The maximum absolute atomic E-state index is 11.5. The van der Waals surface area contributed by atoms with Crippen molar-refractivity contribution in [2.24, 2.45) is 5.92 Å². The van der Waals surface area contributed by atoms with Gasteiger partial charge in [-0.25, -0.2) is 0 Å². The van der Waals surface area contributed by atoms with Crippen molar-refractivity contribution in [1.82, 2.24) is 0 Å². The van der Waals surface area contributed by atoms with Gasteiger partial charge in [-0.1, -0.05) is 27.2 Å². The molecule has 0 rings (SSSR count). The summed E-state index contributed by atoms with van der Waals surface area (Å²) in [5.74, 6) is 1.62. The van der Waals surface area contributed by atoms with E-state index in [1.165, 1.54) is 0 Å². The lowest BCUT2D eigenvalue weighted by Crippen LogP contribution is -2.21. The van der Waals surface area contributed by atoms with E-state index < -0.39 is 0 Å². The first-order valence-electron chi connectivity index (χ1n) is 5.40. The standard InChI is InChI=1S/C11H22O2S/c1-5-7-10(11(12)13-6-2)14-8-9(3)4/h9-10H,5-8H2,1-4H3. The molecule has 0 bridgehead atoms. The van der Waals surface area contributed by atoms with Crippen molar-refractivity contribution < 1.29 is 9.53 Å². The van der Waals surface area contributed by atoms with Gasteiger partial charge in [0, 0.05) is 0 Å². The number of esters is 1. The van der Waals surface area contributed by atoms with Crippen LogP contribution in [-0.2, 0) is 9.53 Å². The molecule has 0 saturated carbocycles. The molecular formula is C11H22O2S. The first-order valence-corrected chi connectivity index (χ1v) is 6.44. The molecule has 0 aromatic carbocycles. The molecule has 0 aromatic heterocycles. The lowest BCUT2D eigenvalue weighted by Gasteiger charge is -2.15. The summed E-state index contributed by atoms with van der Waals surface area (Å²) < 4.78 is 5.03. The quantitative estimate of drug-likeness (QED) is 0.614. The summed E-state index contributed by atoms with van der Waals surface area (Å²) in [7, 11) is 0. The number of carbonyl (C=O) groups excluding carboxylic acids is 1. The van der Waals surface area contributed by atoms with Gasteiger partial charge in [0.15, 0.2) is 0 Å². The van der Waals surface area contributed by atoms with Crippen LogP contribution in [0, 0.1) is 5.92 Å². The van der Waals surface area contributed by atoms with E-state index in [4.69, 9.17) is 4.74 Å². The Kier molecular flexibility index (Phi) is 8.05. The van der Waals surface area contributed by atoms with Crippen LogP contribution in [0.1, 0.15) is 40.5 Å².